The van der Waals surface area contributed by atoms with Gasteiger partial charge in [0.05, 0.1) is 0 Å². The van der Waals surface area contributed by atoms with Crippen molar-refractivity contribution in [1.82, 2.24) is 9.47 Å². The molecule has 0 atom stereocenters. The van der Waals surface area contributed by atoms with Gasteiger partial charge in [-0.25, -0.2) is 0 Å². The molecule has 28 heavy (non-hydrogen) atoms. The zero-order valence-corrected chi connectivity index (χ0v) is 16.5. The maximum absolute atomic E-state index is 12.7. The Balaban J connectivity index is 1.60. The molecule has 2 amide bonds. The number of carbonyl (C=O) groups is 2. The van der Waals surface area contributed by atoms with Gasteiger partial charge in [-0.3, -0.25) is 14.4 Å². The Morgan fingerprint density at radius 1 is 1.07 bits per heavy atom. The SMILES string of the molecule is Cc1ccc(=O)n(CC(=O)Nc2ccc(C(=O)N(C)C3CCCCC3)cc2)c1. The van der Waals surface area contributed by atoms with Gasteiger partial charge in [-0.2, -0.15) is 0 Å². The summed E-state index contributed by atoms with van der Waals surface area (Å²) in [5, 5.41) is 2.77. The van der Waals surface area contributed by atoms with Crippen molar-refractivity contribution in [2.75, 3.05) is 12.4 Å². The van der Waals surface area contributed by atoms with Crippen LogP contribution >= 0.6 is 0 Å². The minimum atomic E-state index is -0.286. The molecule has 6 nitrogen and oxygen atoms in total. The lowest BCUT2D eigenvalue weighted by Gasteiger charge is -2.31. The summed E-state index contributed by atoms with van der Waals surface area (Å²) in [6.07, 6.45) is 7.39. The summed E-state index contributed by atoms with van der Waals surface area (Å²) in [5.41, 5.74) is 1.91. The van der Waals surface area contributed by atoms with Gasteiger partial charge in [-0.1, -0.05) is 25.3 Å². The van der Waals surface area contributed by atoms with Gasteiger partial charge < -0.3 is 14.8 Å². The topological polar surface area (TPSA) is 71.4 Å². The van der Waals surface area contributed by atoms with Crippen molar-refractivity contribution in [2.45, 2.75) is 51.6 Å². The molecule has 0 radical (unpaired) electrons. The number of benzene rings is 1. The van der Waals surface area contributed by atoms with Crippen LogP contribution in [0.25, 0.3) is 0 Å². The second kappa shape index (κ2) is 8.87. The number of pyridine rings is 1. The van der Waals surface area contributed by atoms with Crippen molar-refractivity contribution in [1.29, 1.82) is 0 Å². The molecule has 6 heteroatoms. The van der Waals surface area contributed by atoms with Crippen LogP contribution in [0.15, 0.2) is 47.4 Å². The molecule has 2 aromatic rings. The first kappa shape index (κ1) is 19.9. The number of aromatic nitrogens is 1. The fourth-order valence-corrected chi connectivity index (χ4v) is 3.66. The Morgan fingerprint density at radius 2 is 1.75 bits per heavy atom. The van der Waals surface area contributed by atoms with Gasteiger partial charge >= 0.3 is 0 Å². The summed E-state index contributed by atoms with van der Waals surface area (Å²) in [4.78, 5) is 38.6. The first-order valence-corrected chi connectivity index (χ1v) is 9.78. The summed E-state index contributed by atoms with van der Waals surface area (Å²) in [6, 6.07) is 10.4. The molecule has 1 aliphatic carbocycles. The molecule has 0 spiro atoms. The molecule has 1 N–H and O–H groups in total. The average molecular weight is 381 g/mol. The molecule has 3 rings (SSSR count). The Kier molecular flexibility index (Phi) is 6.29. The maximum atomic E-state index is 12.7. The van der Waals surface area contributed by atoms with Gasteiger partial charge in [0.2, 0.25) is 5.91 Å². The second-order valence-corrected chi connectivity index (χ2v) is 7.51. The molecule has 148 valence electrons. The van der Waals surface area contributed by atoms with Crippen LogP contribution in [0.4, 0.5) is 5.69 Å². The average Bonchev–Trinajstić information content (AvgIpc) is 2.71. The highest BCUT2D eigenvalue weighted by Crippen LogP contribution is 2.23. The molecule has 1 heterocycles. The van der Waals surface area contributed by atoms with Crippen molar-refractivity contribution in [2.24, 2.45) is 0 Å². The molecular weight excluding hydrogens is 354 g/mol. The van der Waals surface area contributed by atoms with Gasteiger partial charge in [0, 0.05) is 36.6 Å². The quantitative estimate of drug-likeness (QED) is 0.865. The van der Waals surface area contributed by atoms with Gasteiger partial charge in [0.1, 0.15) is 6.54 Å². The third kappa shape index (κ3) is 4.88. The largest absolute Gasteiger partial charge is 0.339 e. The Morgan fingerprint density at radius 3 is 2.43 bits per heavy atom. The normalized spacial score (nSPS) is 14.5. The van der Waals surface area contributed by atoms with Crippen LogP contribution in [-0.4, -0.2) is 34.4 Å². The summed E-state index contributed by atoms with van der Waals surface area (Å²) in [5.74, 6) is -0.276. The third-order valence-electron chi connectivity index (χ3n) is 5.30. The summed E-state index contributed by atoms with van der Waals surface area (Å²) in [6.45, 7) is 1.82. The predicted molar refractivity (Wildman–Crippen MR) is 109 cm³/mol. The number of nitrogens with one attached hydrogen (secondary N) is 1. The molecule has 1 aromatic heterocycles. The van der Waals surface area contributed by atoms with Crippen LogP contribution in [0.3, 0.4) is 0 Å². The lowest BCUT2D eigenvalue weighted by Crippen LogP contribution is -2.38. The number of rotatable bonds is 5. The van der Waals surface area contributed by atoms with Crippen molar-refractivity contribution < 1.29 is 9.59 Å². The monoisotopic (exact) mass is 381 g/mol. The van der Waals surface area contributed by atoms with E-state index in [0.717, 1.165) is 18.4 Å². The van der Waals surface area contributed by atoms with Crippen LogP contribution in [0.2, 0.25) is 0 Å². The highest BCUT2D eigenvalue weighted by molar-refractivity contribution is 5.95. The lowest BCUT2D eigenvalue weighted by atomic mass is 9.94. The van der Waals surface area contributed by atoms with Crippen molar-refractivity contribution in [3.05, 3.63) is 64.1 Å². The van der Waals surface area contributed by atoms with E-state index in [1.165, 1.54) is 29.9 Å². The Hall–Kier alpha value is -2.89. The van der Waals surface area contributed by atoms with Crippen molar-refractivity contribution in [3.8, 4) is 0 Å². The van der Waals surface area contributed by atoms with E-state index in [-0.39, 0.29) is 23.9 Å². The molecule has 0 aliphatic heterocycles. The van der Waals surface area contributed by atoms with Crippen LogP contribution in [0.5, 0.6) is 0 Å². The van der Waals surface area contributed by atoms with Gasteiger partial charge in [0.15, 0.2) is 0 Å². The van der Waals surface area contributed by atoms with Gasteiger partial charge in [-0.05, 0) is 49.6 Å². The van der Waals surface area contributed by atoms with Crippen LogP contribution in [-0.2, 0) is 11.3 Å². The van der Waals surface area contributed by atoms with Crippen LogP contribution < -0.4 is 10.9 Å². The smallest absolute Gasteiger partial charge is 0.253 e. The number of nitrogens with zero attached hydrogens (tertiary/aromatic N) is 2. The third-order valence-corrected chi connectivity index (χ3v) is 5.30. The van der Waals surface area contributed by atoms with Crippen molar-refractivity contribution in [3.63, 3.8) is 0 Å². The molecule has 0 saturated heterocycles. The predicted octanol–water partition coefficient (Wildman–Crippen LogP) is 3.20. The Labute approximate surface area is 165 Å². The number of amides is 2. The fourth-order valence-electron chi connectivity index (χ4n) is 3.66. The van der Waals surface area contributed by atoms with E-state index in [9.17, 15) is 14.4 Å². The van der Waals surface area contributed by atoms with Crippen LogP contribution in [0.1, 0.15) is 48.0 Å². The highest BCUT2D eigenvalue weighted by Gasteiger charge is 2.22. The summed E-state index contributed by atoms with van der Waals surface area (Å²) >= 11 is 0. The van der Waals surface area contributed by atoms with E-state index >= 15 is 0 Å². The molecule has 1 aliphatic rings. The number of carbonyl (C=O) groups excluding carboxylic acids is 2. The zero-order valence-electron chi connectivity index (χ0n) is 16.5. The molecule has 1 aromatic carbocycles. The van der Waals surface area contributed by atoms with E-state index in [4.69, 9.17) is 0 Å². The van der Waals surface area contributed by atoms with E-state index in [2.05, 4.69) is 5.32 Å². The maximum Gasteiger partial charge on any atom is 0.253 e. The lowest BCUT2D eigenvalue weighted by molar-refractivity contribution is -0.116. The van der Waals surface area contributed by atoms with Gasteiger partial charge in [-0.15, -0.1) is 0 Å². The fraction of sp³-hybridized carbons (Fsp3) is 0.409. The minimum absolute atomic E-state index is 0.0103. The second-order valence-electron chi connectivity index (χ2n) is 7.51. The van der Waals surface area contributed by atoms with E-state index in [1.807, 2.05) is 18.9 Å². The summed E-state index contributed by atoms with van der Waals surface area (Å²) < 4.78 is 1.38. The van der Waals surface area contributed by atoms with Crippen molar-refractivity contribution >= 4 is 17.5 Å². The number of aryl methyl sites for hydroxylation is 1. The first-order chi connectivity index (χ1) is 13.4. The molecule has 1 saturated carbocycles. The number of anilines is 1. The van der Waals surface area contributed by atoms with E-state index in [1.54, 1.807) is 36.5 Å². The first-order valence-electron chi connectivity index (χ1n) is 9.78. The van der Waals surface area contributed by atoms with E-state index < -0.39 is 0 Å². The highest BCUT2D eigenvalue weighted by atomic mass is 16.2. The summed E-state index contributed by atoms with van der Waals surface area (Å²) in [7, 11) is 1.87. The molecule has 0 bridgehead atoms. The van der Waals surface area contributed by atoms with Gasteiger partial charge in [0.25, 0.3) is 11.5 Å². The van der Waals surface area contributed by atoms with Crippen LogP contribution in [0, 0.1) is 6.92 Å². The minimum Gasteiger partial charge on any atom is -0.339 e. The molecule has 1 fully saturated rings. The zero-order chi connectivity index (χ0) is 20.1. The number of hydrogen-bond acceptors (Lipinski definition) is 3. The molecule has 0 unspecified atom stereocenters. The number of hydrogen-bond donors (Lipinski definition) is 1. The van der Waals surface area contributed by atoms with E-state index in [0.29, 0.717) is 17.3 Å². The molecular formula is C22H27N3O3. The standard InChI is InChI=1S/C22H27N3O3/c1-16-8-13-21(27)25(14-16)15-20(26)23-18-11-9-17(10-12-18)22(28)24(2)19-6-4-3-5-7-19/h8-14,19H,3-7,15H2,1-2H3,(H,23,26). The Bertz CT molecular complexity index is 896.